The molecule has 1 heterocycles. The maximum atomic E-state index is 11.7. The van der Waals surface area contributed by atoms with Crippen LogP contribution >= 0.6 is 11.6 Å². The fourth-order valence-corrected chi connectivity index (χ4v) is 2.76. The van der Waals surface area contributed by atoms with Gasteiger partial charge in [-0.05, 0) is 55.7 Å². The Morgan fingerprint density at radius 1 is 0.926 bits per heavy atom. The molecule has 0 amide bonds. The Hall–Kier alpha value is -3.19. The molecule has 0 aliphatic carbocycles. The van der Waals surface area contributed by atoms with E-state index < -0.39 is 4.92 Å². The highest BCUT2D eigenvalue weighted by Crippen LogP contribution is 2.35. The molecule has 8 heteroatoms. The van der Waals surface area contributed by atoms with Crippen molar-refractivity contribution < 1.29 is 4.92 Å². The molecule has 2 N–H and O–H groups in total. The fourth-order valence-electron chi connectivity index (χ4n) is 2.59. The van der Waals surface area contributed by atoms with Crippen molar-refractivity contribution in [2.24, 2.45) is 0 Å². The van der Waals surface area contributed by atoms with Gasteiger partial charge in [0.05, 0.1) is 4.92 Å². The first-order valence-electron chi connectivity index (χ1n) is 8.22. The van der Waals surface area contributed by atoms with Crippen molar-refractivity contribution in [3.8, 4) is 0 Å². The SMILES string of the molecule is Cc1ccc(C)c(Nc2ncnc(Nc3cc(Cl)ccc3C)c2[N+](=O)[O-])c1. The third-order valence-electron chi connectivity index (χ3n) is 4.10. The van der Waals surface area contributed by atoms with Crippen LogP contribution in [-0.4, -0.2) is 14.9 Å². The van der Waals surface area contributed by atoms with Crippen molar-refractivity contribution in [1.29, 1.82) is 0 Å². The highest BCUT2D eigenvalue weighted by Gasteiger charge is 2.24. The lowest BCUT2D eigenvalue weighted by molar-refractivity contribution is -0.383. The molecule has 0 bridgehead atoms. The van der Waals surface area contributed by atoms with Crippen LogP contribution in [-0.2, 0) is 0 Å². The van der Waals surface area contributed by atoms with E-state index in [2.05, 4.69) is 20.6 Å². The molecule has 0 saturated carbocycles. The highest BCUT2D eigenvalue weighted by atomic mass is 35.5. The van der Waals surface area contributed by atoms with Gasteiger partial charge in [-0.1, -0.05) is 29.8 Å². The predicted octanol–water partition coefficient (Wildman–Crippen LogP) is 5.45. The molecule has 0 fully saturated rings. The summed E-state index contributed by atoms with van der Waals surface area (Å²) in [5, 5.41) is 18.3. The van der Waals surface area contributed by atoms with Crippen LogP contribution in [0, 0.1) is 30.9 Å². The van der Waals surface area contributed by atoms with Crippen LogP contribution in [0.4, 0.5) is 28.7 Å². The van der Waals surface area contributed by atoms with E-state index in [1.165, 1.54) is 6.33 Å². The van der Waals surface area contributed by atoms with Gasteiger partial charge in [0, 0.05) is 16.4 Å². The molecule has 3 rings (SSSR count). The minimum atomic E-state index is -0.504. The third-order valence-corrected chi connectivity index (χ3v) is 4.34. The van der Waals surface area contributed by atoms with E-state index in [0.717, 1.165) is 22.4 Å². The number of aryl methyl sites for hydroxylation is 3. The van der Waals surface area contributed by atoms with Crippen molar-refractivity contribution in [3.63, 3.8) is 0 Å². The van der Waals surface area contributed by atoms with Gasteiger partial charge in [0.25, 0.3) is 0 Å². The first kappa shape index (κ1) is 18.6. The minimum absolute atomic E-state index is 0.0909. The van der Waals surface area contributed by atoms with Gasteiger partial charge in [0.2, 0.25) is 11.6 Å². The molecule has 2 aromatic carbocycles. The van der Waals surface area contributed by atoms with Crippen LogP contribution in [0.3, 0.4) is 0 Å². The van der Waals surface area contributed by atoms with Crippen LogP contribution in [0.15, 0.2) is 42.7 Å². The van der Waals surface area contributed by atoms with Gasteiger partial charge in [0.15, 0.2) is 0 Å². The van der Waals surface area contributed by atoms with Crippen molar-refractivity contribution in [1.82, 2.24) is 9.97 Å². The summed E-state index contributed by atoms with van der Waals surface area (Å²) >= 11 is 6.04. The van der Waals surface area contributed by atoms with Gasteiger partial charge in [0.1, 0.15) is 6.33 Å². The molecule has 0 spiro atoms. The lowest BCUT2D eigenvalue weighted by Gasteiger charge is -2.13. The monoisotopic (exact) mass is 383 g/mol. The molecule has 3 aromatic rings. The Kier molecular flexibility index (Phi) is 5.23. The molecule has 0 unspecified atom stereocenters. The second kappa shape index (κ2) is 7.59. The second-order valence-electron chi connectivity index (χ2n) is 6.20. The Morgan fingerprint density at radius 2 is 1.48 bits per heavy atom. The molecule has 0 radical (unpaired) electrons. The van der Waals surface area contributed by atoms with Crippen LogP contribution < -0.4 is 10.6 Å². The van der Waals surface area contributed by atoms with Gasteiger partial charge in [-0.3, -0.25) is 10.1 Å². The summed E-state index contributed by atoms with van der Waals surface area (Å²) in [7, 11) is 0. The van der Waals surface area contributed by atoms with Crippen LogP contribution in [0.5, 0.6) is 0 Å². The van der Waals surface area contributed by atoms with Gasteiger partial charge in [-0.15, -0.1) is 0 Å². The summed E-state index contributed by atoms with van der Waals surface area (Å²) in [4.78, 5) is 19.4. The summed E-state index contributed by atoms with van der Waals surface area (Å²) in [6, 6.07) is 11.1. The Morgan fingerprint density at radius 3 is 2.07 bits per heavy atom. The minimum Gasteiger partial charge on any atom is -0.334 e. The normalized spacial score (nSPS) is 10.5. The molecule has 0 aliphatic heterocycles. The first-order valence-corrected chi connectivity index (χ1v) is 8.60. The van der Waals surface area contributed by atoms with Crippen LogP contribution in [0.2, 0.25) is 5.02 Å². The van der Waals surface area contributed by atoms with Crippen molar-refractivity contribution in [2.45, 2.75) is 20.8 Å². The predicted molar refractivity (Wildman–Crippen MR) is 107 cm³/mol. The van der Waals surface area contributed by atoms with Gasteiger partial charge in [-0.2, -0.15) is 0 Å². The van der Waals surface area contributed by atoms with E-state index in [0.29, 0.717) is 10.7 Å². The number of nitrogens with one attached hydrogen (secondary N) is 2. The zero-order chi connectivity index (χ0) is 19.6. The number of rotatable bonds is 5. The fraction of sp³-hybridized carbons (Fsp3) is 0.158. The maximum absolute atomic E-state index is 11.7. The van der Waals surface area contributed by atoms with Crippen molar-refractivity contribution in [2.75, 3.05) is 10.6 Å². The summed E-state index contributed by atoms with van der Waals surface area (Å²) in [6.45, 7) is 5.75. The van der Waals surface area contributed by atoms with Gasteiger partial charge in [-0.25, -0.2) is 9.97 Å². The Bertz CT molecular complexity index is 951. The maximum Gasteiger partial charge on any atom is 0.353 e. The Balaban J connectivity index is 2.04. The average Bonchev–Trinajstić information content (AvgIpc) is 2.61. The molecular weight excluding hydrogens is 366 g/mol. The van der Waals surface area contributed by atoms with Gasteiger partial charge < -0.3 is 10.6 Å². The largest absolute Gasteiger partial charge is 0.353 e. The van der Waals surface area contributed by atoms with E-state index in [-0.39, 0.29) is 17.3 Å². The topological polar surface area (TPSA) is 93.0 Å². The molecule has 27 heavy (non-hydrogen) atoms. The smallest absolute Gasteiger partial charge is 0.334 e. The number of hydrogen-bond donors (Lipinski definition) is 2. The number of hydrogen-bond acceptors (Lipinski definition) is 6. The lowest BCUT2D eigenvalue weighted by Crippen LogP contribution is -2.06. The molecule has 0 atom stereocenters. The molecule has 7 nitrogen and oxygen atoms in total. The zero-order valence-electron chi connectivity index (χ0n) is 15.1. The van der Waals surface area contributed by atoms with E-state index in [1.54, 1.807) is 12.1 Å². The number of anilines is 4. The van der Waals surface area contributed by atoms with Gasteiger partial charge >= 0.3 is 5.69 Å². The van der Waals surface area contributed by atoms with Crippen molar-refractivity contribution >= 4 is 40.3 Å². The zero-order valence-corrected chi connectivity index (χ0v) is 15.8. The number of benzene rings is 2. The second-order valence-corrected chi connectivity index (χ2v) is 6.64. The quantitative estimate of drug-likeness (QED) is 0.449. The molecule has 0 aliphatic rings. The molecule has 0 saturated heterocycles. The molecule has 1 aromatic heterocycles. The average molecular weight is 384 g/mol. The van der Waals surface area contributed by atoms with E-state index in [1.807, 2.05) is 45.0 Å². The summed E-state index contributed by atoms with van der Waals surface area (Å²) in [6.07, 6.45) is 1.28. The van der Waals surface area contributed by atoms with E-state index in [9.17, 15) is 10.1 Å². The summed E-state index contributed by atoms with van der Waals surface area (Å²) < 4.78 is 0. The van der Waals surface area contributed by atoms with Crippen LogP contribution in [0.25, 0.3) is 0 Å². The molecule has 138 valence electrons. The van der Waals surface area contributed by atoms with Crippen LogP contribution in [0.1, 0.15) is 16.7 Å². The summed E-state index contributed by atoms with van der Waals surface area (Å²) in [5.41, 5.74) is 4.03. The summed E-state index contributed by atoms with van der Waals surface area (Å²) in [5.74, 6) is 0.207. The van der Waals surface area contributed by atoms with E-state index in [4.69, 9.17) is 11.6 Å². The highest BCUT2D eigenvalue weighted by molar-refractivity contribution is 6.30. The standard InChI is InChI=1S/C19H18ClN5O2/c1-11-4-5-12(2)15(8-11)23-18-17(25(26)27)19(22-10-21-18)24-16-9-14(20)7-6-13(16)3/h4-10H,1-3H3,(H2,21,22,23,24). The first-order chi connectivity index (χ1) is 12.8. The number of aromatic nitrogens is 2. The third kappa shape index (κ3) is 4.15. The van der Waals surface area contributed by atoms with Crippen molar-refractivity contribution in [3.05, 3.63) is 74.6 Å². The number of nitro groups is 1. The van der Waals surface area contributed by atoms with E-state index >= 15 is 0 Å². The number of halogens is 1. The molecular formula is C19H18ClN5O2. The Labute approximate surface area is 161 Å². The lowest BCUT2D eigenvalue weighted by atomic mass is 10.1. The number of nitrogens with zero attached hydrogens (tertiary/aromatic N) is 3.